The van der Waals surface area contributed by atoms with Crippen molar-refractivity contribution in [3.05, 3.63) is 146 Å². The van der Waals surface area contributed by atoms with Crippen LogP contribution in [0.2, 0.25) is 0 Å². The van der Waals surface area contributed by atoms with Gasteiger partial charge in [-0.15, -0.1) is 0 Å². The summed E-state index contributed by atoms with van der Waals surface area (Å²) in [5.41, 5.74) is 15.9. The van der Waals surface area contributed by atoms with Crippen molar-refractivity contribution in [1.82, 2.24) is 19.1 Å². The van der Waals surface area contributed by atoms with Crippen LogP contribution in [0.3, 0.4) is 0 Å². The SMILES string of the molecule is c1ccc2c(c1)B1c3cc4c(c(-c5cnccn5)c3Oc3ccc5c6ccccc6n-2c5c31)Oc1ccc2c3ccccc3n3c2c1B4c1ccccc1-3. The molecule has 6 nitrogen and oxygen atoms in total. The summed E-state index contributed by atoms with van der Waals surface area (Å²) in [7, 11) is 0. The molecular weight excluding hydrogens is 662 g/mol. The Bertz CT molecular complexity index is 3170. The summed E-state index contributed by atoms with van der Waals surface area (Å²) in [4.78, 5) is 9.49. The minimum Gasteiger partial charge on any atom is -0.458 e. The Balaban J connectivity index is 1.14. The number of para-hydroxylation sites is 4. The lowest BCUT2D eigenvalue weighted by molar-refractivity contribution is 0.469. The fourth-order valence-corrected chi connectivity index (χ4v) is 10.4. The van der Waals surface area contributed by atoms with Gasteiger partial charge < -0.3 is 18.6 Å². The lowest BCUT2D eigenvalue weighted by Gasteiger charge is -2.37. The third-order valence-electron chi connectivity index (χ3n) is 12.4. The smallest absolute Gasteiger partial charge is 0.256 e. The Labute approximate surface area is 309 Å². The molecule has 0 amide bonds. The van der Waals surface area contributed by atoms with Crippen LogP contribution < -0.4 is 42.3 Å². The monoisotopic (exact) mass is 686 g/mol. The minimum atomic E-state index is -0.0799. The molecule has 3 aromatic heterocycles. The summed E-state index contributed by atoms with van der Waals surface area (Å²) in [6.07, 6.45) is 5.31. The summed E-state index contributed by atoms with van der Waals surface area (Å²) in [5, 5.41) is 4.95. The van der Waals surface area contributed by atoms with E-state index in [9.17, 15) is 0 Å². The first-order valence-corrected chi connectivity index (χ1v) is 18.5. The van der Waals surface area contributed by atoms with Gasteiger partial charge in [0.05, 0.1) is 39.5 Å². The van der Waals surface area contributed by atoms with E-state index in [1.54, 1.807) is 12.4 Å². The quantitative estimate of drug-likeness (QED) is 0.193. The molecule has 7 aromatic carbocycles. The number of aromatic nitrogens is 4. The van der Waals surface area contributed by atoms with E-state index in [-0.39, 0.29) is 13.4 Å². The zero-order chi connectivity index (χ0) is 34.8. The number of fused-ring (bicyclic) bond motifs is 16. The highest BCUT2D eigenvalue weighted by atomic mass is 16.5. The zero-order valence-electron chi connectivity index (χ0n) is 28.6. The molecule has 0 saturated carbocycles. The molecule has 7 heterocycles. The molecule has 246 valence electrons. The summed E-state index contributed by atoms with van der Waals surface area (Å²) in [6, 6.07) is 46.4. The maximum Gasteiger partial charge on any atom is 0.256 e. The number of nitrogens with zero attached hydrogens (tertiary/aromatic N) is 4. The Morgan fingerprint density at radius 2 is 1.00 bits per heavy atom. The third-order valence-corrected chi connectivity index (χ3v) is 12.4. The second-order valence-corrected chi connectivity index (χ2v) is 14.8. The highest BCUT2D eigenvalue weighted by Gasteiger charge is 2.47. The highest BCUT2D eigenvalue weighted by molar-refractivity contribution is 7.02. The second kappa shape index (κ2) is 9.48. The average Bonchev–Trinajstić information content (AvgIpc) is 3.76. The van der Waals surface area contributed by atoms with E-state index < -0.39 is 0 Å². The van der Waals surface area contributed by atoms with Crippen LogP contribution in [-0.4, -0.2) is 32.5 Å². The summed E-state index contributed by atoms with van der Waals surface area (Å²) in [5.74, 6) is 3.25. The molecule has 0 saturated heterocycles. The highest BCUT2D eigenvalue weighted by Crippen LogP contribution is 2.46. The summed E-state index contributed by atoms with van der Waals surface area (Å²) >= 11 is 0. The lowest BCUT2D eigenvalue weighted by atomic mass is 9.31. The van der Waals surface area contributed by atoms with Crippen LogP contribution in [0.15, 0.2) is 146 Å². The fourth-order valence-electron chi connectivity index (χ4n) is 10.4. The fraction of sp³-hybridized carbons (Fsp3) is 0. The molecule has 54 heavy (non-hydrogen) atoms. The first kappa shape index (κ1) is 27.6. The molecule has 0 atom stereocenters. The lowest BCUT2D eigenvalue weighted by Crippen LogP contribution is -2.62. The van der Waals surface area contributed by atoms with Crippen molar-refractivity contribution >= 4 is 89.8 Å². The molecule has 4 aliphatic rings. The average molecular weight is 686 g/mol. The van der Waals surface area contributed by atoms with Crippen molar-refractivity contribution in [2.75, 3.05) is 0 Å². The maximum atomic E-state index is 7.19. The molecule has 0 fully saturated rings. The van der Waals surface area contributed by atoms with E-state index in [2.05, 4.69) is 142 Å². The van der Waals surface area contributed by atoms with Crippen molar-refractivity contribution in [3.63, 3.8) is 0 Å². The molecule has 0 aliphatic carbocycles. The predicted molar refractivity (Wildman–Crippen MR) is 218 cm³/mol. The van der Waals surface area contributed by atoms with Crippen LogP contribution in [0.25, 0.3) is 66.2 Å². The minimum absolute atomic E-state index is 0.0799. The largest absolute Gasteiger partial charge is 0.458 e. The van der Waals surface area contributed by atoms with E-state index >= 15 is 0 Å². The molecule has 4 aliphatic heterocycles. The van der Waals surface area contributed by atoms with Gasteiger partial charge in [0.25, 0.3) is 13.4 Å². The first-order chi connectivity index (χ1) is 26.8. The van der Waals surface area contributed by atoms with Gasteiger partial charge >= 0.3 is 0 Å². The Morgan fingerprint density at radius 1 is 0.481 bits per heavy atom. The van der Waals surface area contributed by atoms with Gasteiger partial charge in [-0.05, 0) is 81.3 Å². The Hall–Kier alpha value is -7.05. The van der Waals surface area contributed by atoms with Gasteiger partial charge in [-0.25, -0.2) is 0 Å². The van der Waals surface area contributed by atoms with Gasteiger partial charge in [0.2, 0.25) is 0 Å². The first-order valence-electron chi connectivity index (χ1n) is 18.5. The van der Waals surface area contributed by atoms with Crippen LogP contribution in [0.5, 0.6) is 23.0 Å². The van der Waals surface area contributed by atoms with E-state index in [0.29, 0.717) is 0 Å². The van der Waals surface area contributed by atoms with Crippen LogP contribution >= 0.6 is 0 Å². The normalized spacial score (nSPS) is 13.8. The van der Waals surface area contributed by atoms with Gasteiger partial charge in [-0.3, -0.25) is 9.97 Å². The molecule has 8 heteroatoms. The van der Waals surface area contributed by atoms with Crippen molar-refractivity contribution < 1.29 is 9.47 Å². The Morgan fingerprint density at radius 3 is 1.54 bits per heavy atom. The van der Waals surface area contributed by atoms with Crippen LogP contribution in [-0.2, 0) is 0 Å². The van der Waals surface area contributed by atoms with E-state index in [1.807, 2.05) is 6.20 Å². The molecule has 0 spiro atoms. The van der Waals surface area contributed by atoms with Gasteiger partial charge in [0.15, 0.2) is 0 Å². The number of hydrogen-bond donors (Lipinski definition) is 0. The third kappa shape index (κ3) is 3.12. The maximum absolute atomic E-state index is 7.19. The van der Waals surface area contributed by atoms with Crippen LogP contribution in [0, 0.1) is 0 Å². The zero-order valence-corrected chi connectivity index (χ0v) is 28.6. The van der Waals surface area contributed by atoms with E-state index in [0.717, 1.165) is 45.2 Å². The number of rotatable bonds is 1. The second-order valence-electron chi connectivity index (χ2n) is 14.8. The summed E-state index contributed by atoms with van der Waals surface area (Å²) < 4.78 is 19.3. The topological polar surface area (TPSA) is 54.1 Å². The van der Waals surface area contributed by atoms with Crippen LogP contribution in [0.1, 0.15) is 0 Å². The van der Waals surface area contributed by atoms with Crippen molar-refractivity contribution in [2.45, 2.75) is 0 Å². The molecular formula is C46H24B2N4O2. The number of hydrogen-bond acceptors (Lipinski definition) is 4. The molecule has 0 radical (unpaired) electrons. The molecule has 10 aromatic rings. The van der Waals surface area contributed by atoms with Gasteiger partial charge in [0.1, 0.15) is 23.0 Å². The van der Waals surface area contributed by atoms with E-state index in [1.165, 1.54) is 76.8 Å². The summed E-state index contributed by atoms with van der Waals surface area (Å²) in [6.45, 7) is -0.160. The number of benzene rings is 7. The van der Waals surface area contributed by atoms with Crippen LogP contribution in [0.4, 0.5) is 0 Å². The molecule has 14 rings (SSSR count). The van der Waals surface area contributed by atoms with Gasteiger partial charge in [-0.1, -0.05) is 78.9 Å². The van der Waals surface area contributed by atoms with Crippen molar-refractivity contribution in [1.29, 1.82) is 0 Å². The Kier molecular flexibility index (Phi) is 4.84. The predicted octanol–water partition coefficient (Wildman–Crippen LogP) is 6.21. The van der Waals surface area contributed by atoms with Crippen molar-refractivity contribution in [2.24, 2.45) is 0 Å². The molecule has 0 bridgehead atoms. The number of ether oxygens (including phenoxy) is 2. The van der Waals surface area contributed by atoms with Crippen molar-refractivity contribution in [3.8, 4) is 45.6 Å². The molecule has 0 N–H and O–H groups in total. The molecule has 0 unspecified atom stereocenters. The standard InChI is InChI=1S/C46H24B2N4O2/c1-5-13-34-25(9-1)27-17-19-38-41-43(27)51(34)36-15-7-3-11-29(36)47(41)31-23-32-46(40(45(31)53-38)33-24-49-21-22-50-33)54-39-20-18-28-26-10-2-6-14-35(26)52-37-16-8-4-12-30(37)48(32)42(39)44(28)52/h1-24H. The van der Waals surface area contributed by atoms with Gasteiger partial charge in [0, 0.05) is 45.3 Å². The van der Waals surface area contributed by atoms with E-state index in [4.69, 9.17) is 14.5 Å². The van der Waals surface area contributed by atoms with Gasteiger partial charge in [-0.2, -0.15) is 0 Å².